The Balaban J connectivity index is 3.17. The topological polar surface area (TPSA) is 35.5 Å². The fourth-order valence-corrected chi connectivity index (χ4v) is 1.65. The second-order valence-corrected chi connectivity index (χ2v) is 4.80. The lowest BCUT2D eigenvalue weighted by atomic mass is 10.0. The molecular weight excluding hydrogens is 219 g/mol. The van der Waals surface area contributed by atoms with Crippen LogP contribution in [0.4, 0.5) is 10.1 Å². The fraction of sp³-hybridized carbons (Fsp3) is 0.538. The molecule has 1 aromatic carbocycles. The number of anilines is 1. The summed E-state index contributed by atoms with van der Waals surface area (Å²) < 4.78 is 13.8. The van der Waals surface area contributed by atoms with Gasteiger partial charge in [-0.15, -0.1) is 0 Å². The molecular formula is C13H21FN2O. The zero-order valence-electron chi connectivity index (χ0n) is 10.9. The molecule has 0 aliphatic carbocycles. The Bertz CT molecular complexity index is 380. The largest absolute Gasteiger partial charge is 0.394 e. The zero-order chi connectivity index (χ0) is 13.1. The molecule has 2 N–H and O–H groups in total. The van der Waals surface area contributed by atoms with Crippen LogP contribution < -0.4 is 10.2 Å². The van der Waals surface area contributed by atoms with Crippen LogP contribution in [0, 0.1) is 5.82 Å². The maximum absolute atomic E-state index is 13.8. The minimum absolute atomic E-state index is 0.0129. The number of nitrogens with one attached hydrogen (secondary N) is 1. The summed E-state index contributed by atoms with van der Waals surface area (Å²) in [7, 11) is 3.65. The number of halogens is 1. The maximum atomic E-state index is 13.8. The summed E-state index contributed by atoms with van der Waals surface area (Å²) in [5, 5.41) is 12.3. The molecule has 0 spiro atoms. The third-order valence-electron chi connectivity index (χ3n) is 3.10. The van der Waals surface area contributed by atoms with E-state index in [0.29, 0.717) is 12.1 Å². The monoisotopic (exact) mass is 240 g/mol. The normalized spacial score (nSPS) is 11.6. The van der Waals surface area contributed by atoms with E-state index in [1.165, 1.54) is 6.07 Å². The molecule has 0 radical (unpaired) electrons. The van der Waals surface area contributed by atoms with Crippen molar-refractivity contribution in [1.82, 2.24) is 5.32 Å². The molecule has 0 heterocycles. The number of benzene rings is 1. The quantitative estimate of drug-likeness (QED) is 0.823. The first kappa shape index (κ1) is 13.9. The Labute approximate surface area is 102 Å². The highest BCUT2D eigenvalue weighted by Gasteiger charge is 2.25. The van der Waals surface area contributed by atoms with E-state index in [-0.39, 0.29) is 12.4 Å². The first-order valence-electron chi connectivity index (χ1n) is 5.70. The third kappa shape index (κ3) is 2.96. The van der Waals surface area contributed by atoms with Crippen molar-refractivity contribution in [3.63, 3.8) is 0 Å². The molecule has 0 aliphatic rings. The van der Waals surface area contributed by atoms with Gasteiger partial charge >= 0.3 is 0 Å². The molecule has 0 saturated carbocycles. The van der Waals surface area contributed by atoms with Crippen LogP contribution in [0.15, 0.2) is 18.2 Å². The lowest BCUT2D eigenvalue weighted by Gasteiger charge is -2.37. The average molecular weight is 240 g/mol. The van der Waals surface area contributed by atoms with Gasteiger partial charge in [0.05, 0.1) is 12.1 Å². The molecule has 1 aromatic rings. The number of nitrogens with zero attached hydrogens (tertiary/aromatic N) is 1. The highest BCUT2D eigenvalue weighted by Crippen LogP contribution is 2.27. The molecule has 0 amide bonds. The van der Waals surface area contributed by atoms with E-state index < -0.39 is 5.54 Å². The van der Waals surface area contributed by atoms with E-state index in [4.69, 9.17) is 0 Å². The van der Waals surface area contributed by atoms with Crippen LogP contribution in [0.25, 0.3) is 0 Å². The van der Waals surface area contributed by atoms with Crippen molar-refractivity contribution in [2.75, 3.05) is 25.6 Å². The maximum Gasteiger partial charge on any atom is 0.129 e. The van der Waals surface area contributed by atoms with Crippen molar-refractivity contribution in [2.24, 2.45) is 0 Å². The molecule has 96 valence electrons. The first-order valence-corrected chi connectivity index (χ1v) is 5.70. The number of hydrogen-bond acceptors (Lipinski definition) is 3. The summed E-state index contributed by atoms with van der Waals surface area (Å²) in [6.07, 6.45) is 0. The van der Waals surface area contributed by atoms with Gasteiger partial charge in [0.2, 0.25) is 0 Å². The molecule has 17 heavy (non-hydrogen) atoms. The fourth-order valence-electron chi connectivity index (χ4n) is 1.65. The Kier molecular flexibility index (Phi) is 4.48. The summed E-state index contributed by atoms with van der Waals surface area (Å²) in [5.41, 5.74) is 1.01. The number of likely N-dealkylation sites (N-methyl/N-ethyl adjacent to an activating group) is 1. The minimum Gasteiger partial charge on any atom is -0.394 e. The van der Waals surface area contributed by atoms with Gasteiger partial charge in [0.1, 0.15) is 5.82 Å². The van der Waals surface area contributed by atoms with Crippen molar-refractivity contribution in [3.8, 4) is 0 Å². The Morgan fingerprint density at radius 1 is 1.41 bits per heavy atom. The molecule has 3 nitrogen and oxygen atoms in total. The van der Waals surface area contributed by atoms with E-state index in [1.54, 1.807) is 13.1 Å². The number of aliphatic hydroxyl groups excluding tert-OH is 1. The van der Waals surface area contributed by atoms with Crippen LogP contribution >= 0.6 is 0 Å². The summed E-state index contributed by atoms with van der Waals surface area (Å²) in [5.74, 6) is -0.225. The van der Waals surface area contributed by atoms with E-state index in [1.807, 2.05) is 31.9 Å². The van der Waals surface area contributed by atoms with Gasteiger partial charge in [0.25, 0.3) is 0 Å². The first-order chi connectivity index (χ1) is 7.94. The van der Waals surface area contributed by atoms with Gasteiger partial charge in [0, 0.05) is 24.8 Å². The Morgan fingerprint density at radius 2 is 2.06 bits per heavy atom. The molecule has 0 saturated heterocycles. The smallest absolute Gasteiger partial charge is 0.129 e. The van der Waals surface area contributed by atoms with Crippen LogP contribution in [0.2, 0.25) is 0 Å². The molecule has 1 rings (SSSR count). The summed E-state index contributed by atoms with van der Waals surface area (Å²) >= 11 is 0. The number of hydrogen-bond donors (Lipinski definition) is 2. The van der Waals surface area contributed by atoms with E-state index in [9.17, 15) is 9.50 Å². The second kappa shape index (κ2) is 5.47. The van der Waals surface area contributed by atoms with Gasteiger partial charge in [0.15, 0.2) is 0 Å². The van der Waals surface area contributed by atoms with Crippen LogP contribution in [0.3, 0.4) is 0 Å². The van der Waals surface area contributed by atoms with Crippen LogP contribution in [-0.2, 0) is 6.54 Å². The average Bonchev–Trinajstić information content (AvgIpc) is 2.31. The van der Waals surface area contributed by atoms with Crippen molar-refractivity contribution >= 4 is 5.69 Å². The molecule has 0 bridgehead atoms. The van der Waals surface area contributed by atoms with Crippen LogP contribution in [0.1, 0.15) is 19.4 Å². The molecule has 0 unspecified atom stereocenters. The van der Waals surface area contributed by atoms with Gasteiger partial charge in [-0.1, -0.05) is 6.07 Å². The summed E-state index contributed by atoms with van der Waals surface area (Å²) in [4.78, 5) is 1.91. The molecule has 4 heteroatoms. The molecule has 0 atom stereocenters. The van der Waals surface area contributed by atoms with E-state index >= 15 is 0 Å². The lowest BCUT2D eigenvalue weighted by Crippen LogP contribution is -2.45. The highest BCUT2D eigenvalue weighted by atomic mass is 19.1. The van der Waals surface area contributed by atoms with Crippen LogP contribution in [0.5, 0.6) is 0 Å². The predicted molar refractivity (Wildman–Crippen MR) is 68.7 cm³/mol. The summed E-state index contributed by atoms with van der Waals surface area (Å²) in [6, 6.07) is 5.01. The standard InChI is InChI=1S/C13H21FN2O/c1-13(2,9-17)16(4)12-7-5-6-11(14)10(12)8-15-3/h5-7,15,17H,8-9H2,1-4H3. The van der Waals surface area contributed by atoms with Gasteiger partial charge in [-0.25, -0.2) is 4.39 Å². The van der Waals surface area contributed by atoms with Crippen LogP contribution in [-0.4, -0.2) is 31.3 Å². The zero-order valence-corrected chi connectivity index (χ0v) is 10.9. The SMILES string of the molecule is CNCc1c(F)cccc1N(C)C(C)(C)CO. The Morgan fingerprint density at radius 3 is 2.59 bits per heavy atom. The van der Waals surface area contributed by atoms with Crippen molar-refractivity contribution in [2.45, 2.75) is 25.9 Å². The van der Waals surface area contributed by atoms with Gasteiger partial charge in [-0.3, -0.25) is 0 Å². The number of aliphatic hydroxyl groups is 1. The van der Waals surface area contributed by atoms with Gasteiger partial charge < -0.3 is 15.3 Å². The van der Waals surface area contributed by atoms with Gasteiger partial charge in [-0.2, -0.15) is 0 Å². The van der Waals surface area contributed by atoms with Gasteiger partial charge in [-0.05, 0) is 33.0 Å². The highest BCUT2D eigenvalue weighted by molar-refractivity contribution is 5.55. The van der Waals surface area contributed by atoms with Crippen molar-refractivity contribution in [3.05, 3.63) is 29.6 Å². The Hall–Kier alpha value is -1.13. The van der Waals surface area contributed by atoms with Crippen molar-refractivity contribution < 1.29 is 9.50 Å². The lowest BCUT2D eigenvalue weighted by molar-refractivity contribution is 0.216. The predicted octanol–water partition coefficient (Wildman–Crippen LogP) is 1.75. The van der Waals surface area contributed by atoms with Crippen molar-refractivity contribution in [1.29, 1.82) is 0 Å². The minimum atomic E-state index is -0.420. The molecule has 0 aromatic heterocycles. The molecule has 0 aliphatic heterocycles. The number of rotatable bonds is 5. The van der Waals surface area contributed by atoms with E-state index in [0.717, 1.165) is 5.69 Å². The van der Waals surface area contributed by atoms with E-state index in [2.05, 4.69) is 5.32 Å². The second-order valence-electron chi connectivity index (χ2n) is 4.80. The molecule has 0 fully saturated rings. The third-order valence-corrected chi connectivity index (χ3v) is 3.10. The summed E-state index contributed by atoms with van der Waals surface area (Å²) in [6.45, 7) is 4.31.